The van der Waals surface area contributed by atoms with Gasteiger partial charge in [-0.1, -0.05) is 37.3 Å². The lowest BCUT2D eigenvalue weighted by molar-refractivity contribution is 0.957. The minimum Gasteiger partial charge on any atom is -0.354 e. The standard InChI is InChI=1S/C17H18N4/c1-2-12-18-17-20-15-11-7-6-10-14(15)16(21-17)19-13-8-4-3-5-9-13/h3-11H,2,12H2,1H3,(H2,18,19,20,21). The van der Waals surface area contributed by atoms with Crippen LogP contribution in [0.4, 0.5) is 17.5 Å². The second kappa shape index (κ2) is 6.22. The summed E-state index contributed by atoms with van der Waals surface area (Å²) in [5, 5.41) is 7.64. The SMILES string of the molecule is CCCNc1nc(Nc2ccccc2)c2ccccc2n1. The fourth-order valence-electron chi connectivity index (χ4n) is 2.15. The van der Waals surface area contributed by atoms with Crippen LogP contribution < -0.4 is 10.6 Å². The maximum absolute atomic E-state index is 4.60. The number of benzene rings is 2. The normalized spacial score (nSPS) is 10.5. The molecule has 1 heterocycles. The van der Waals surface area contributed by atoms with E-state index >= 15 is 0 Å². The Bertz CT molecular complexity index is 725. The third kappa shape index (κ3) is 3.11. The molecular formula is C17H18N4. The quantitative estimate of drug-likeness (QED) is 0.734. The molecule has 2 N–H and O–H groups in total. The first-order chi connectivity index (χ1) is 10.4. The molecule has 3 rings (SSSR count). The zero-order valence-corrected chi connectivity index (χ0v) is 12.0. The maximum atomic E-state index is 4.60. The lowest BCUT2D eigenvalue weighted by Gasteiger charge is -2.11. The molecule has 4 nitrogen and oxygen atoms in total. The van der Waals surface area contributed by atoms with Gasteiger partial charge in [0.25, 0.3) is 0 Å². The van der Waals surface area contributed by atoms with Crippen LogP contribution >= 0.6 is 0 Å². The third-order valence-corrected chi connectivity index (χ3v) is 3.17. The fraction of sp³-hybridized carbons (Fsp3) is 0.176. The fourth-order valence-corrected chi connectivity index (χ4v) is 2.15. The van der Waals surface area contributed by atoms with Gasteiger partial charge in [0.1, 0.15) is 5.82 Å². The molecule has 0 saturated carbocycles. The molecule has 1 aromatic heterocycles. The molecule has 106 valence electrons. The molecule has 0 saturated heterocycles. The van der Waals surface area contributed by atoms with Gasteiger partial charge in [0.2, 0.25) is 5.95 Å². The predicted molar refractivity (Wildman–Crippen MR) is 88.0 cm³/mol. The van der Waals surface area contributed by atoms with Crippen molar-refractivity contribution in [1.82, 2.24) is 9.97 Å². The molecule has 0 aliphatic heterocycles. The molecule has 21 heavy (non-hydrogen) atoms. The van der Waals surface area contributed by atoms with E-state index in [4.69, 9.17) is 0 Å². The highest BCUT2D eigenvalue weighted by atomic mass is 15.1. The van der Waals surface area contributed by atoms with Gasteiger partial charge in [0, 0.05) is 17.6 Å². The van der Waals surface area contributed by atoms with Crippen molar-refractivity contribution in [2.24, 2.45) is 0 Å². The summed E-state index contributed by atoms with van der Waals surface area (Å²) in [6.45, 7) is 2.99. The van der Waals surface area contributed by atoms with Crippen molar-refractivity contribution in [2.75, 3.05) is 17.2 Å². The Hall–Kier alpha value is -2.62. The van der Waals surface area contributed by atoms with Crippen LogP contribution in [-0.2, 0) is 0 Å². The molecule has 0 fully saturated rings. The smallest absolute Gasteiger partial charge is 0.225 e. The highest BCUT2D eigenvalue weighted by Gasteiger charge is 2.07. The molecule has 0 unspecified atom stereocenters. The summed E-state index contributed by atoms with van der Waals surface area (Å²) in [6, 6.07) is 18.1. The lowest BCUT2D eigenvalue weighted by Crippen LogP contribution is -2.06. The van der Waals surface area contributed by atoms with Crippen LogP contribution in [0.15, 0.2) is 54.6 Å². The third-order valence-electron chi connectivity index (χ3n) is 3.17. The Morgan fingerprint density at radius 3 is 2.48 bits per heavy atom. The van der Waals surface area contributed by atoms with Gasteiger partial charge in [-0.05, 0) is 30.7 Å². The molecular weight excluding hydrogens is 260 g/mol. The first-order valence-electron chi connectivity index (χ1n) is 7.19. The number of para-hydroxylation sites is 2. The molecule has 0 aliphatic carbocycles. The van der Waals surface area contributed by atoms with Crippen molar-refractivity contribution in [1.29, 1.82) is 0 Å². The predicted octanol–water partition coefficient (Wildman–Crippen LogP) is 4.20. The van der Waals surface area contributed by atoms with E-state index in [2.05, 4.69) is 27.5 Å². The summed E-state index contributed by atoms with van der Waals surface area (Å²) in [5.74, 6) is 1.49. The minimum atomic E-state index is 0.661. The van der Waals surface area contributed by atoms with Crippen molar-refractivity contribution in [2.45, 2.75) is 13.3 Å². The average Bonchev–Trinajstić information content (AvgIpc) is 2.54. The second-order valence-corrected chi connectivity index (χ2v) is 4.83. The van der Waals surface area contributed by atoms with E-state index in [9.17, 15) is 0 Å². The number of aromatic nitrogens is 2. The second-order valence-electron chi connectivity index (χ2n) is 4.83. The van der Waals surface area contributed by atoms with E-state index < -0.39 is 0 Å². The van der Waals surface area contributed by atoms with Crippen LogP contribution in [0.2, 0.25) is 0 Å². The van der Waals surface area contributed by atoms with Gasteiger partial charge < -0.3 is 10.6 Å². The topological polar surface area (TPSA) is 49.8 Å². The largest absolute Gasteiger partial charge is 0.354 e. The minimum absolute atomic E-state index is 0.661. The molecule has 3 aromatic rings. The van der Waals surface area contributed by atoms with Crippen molar-refractivity contribution < 1.29 is 0 Å². The number of hydrogen-bond acceptors (Lipinski definition) is 4. The Balaban J connectivity index is 2.02. The first kappa shape index (κ1) is 13.4. The molecule has 0 amide bonds. The van der Waals surface area contributed by atoms with Crippen molar-refractivity contribution in [3.63, 3.8) is 0 Å². The van der Waals surface area contributed by atoms with Crippen molar-refractivity contribution >= 4 is 28.4 Å². The monoisotopic (exact) mass is 278 g/mol. The number of fused-ring (bicyclic) bond motifs is 1. The van der Waals surface area contributed by atoms with Crippen LogP contribution in [0.1, 0.15) is 13.3 Å². The van der Waals surface area contributed by atoms with Crippen molar-refractivity contribution in [3.05, 3.63) is 54.6 Å². The molecule has 4 heteroatoms. The number of anilines is 3. The number of rotatable bonds is 5. The number of nitrogens with one attached hydrogen (secondary N) is 2. The number of hydrogen-bond donors (Lipinski definition) is 2. The van der Waals surface area contributed by atoms with Crippen LogP contribution in [0, 0.1) is 0 Å². The van der Waals surface area contributed by atoms with Gasteiger partial charge >= 0.3 is 0 Å². The molecule has 0 bridgehead atoms. The van der Waals surface area contributed by atoms with Crippen LogP contribution in [0.5, 0.6) is 0 Å². The summed E-state index contributed by atoms with van der Waals surface area (Å²) in [4.78, 5) is 9.15. The van der Waals surface area contributed by atoms with Crippen molar-refractivity contribution in [3.8, 4) is 0 Å². The van der Waals surface area contributed by atoms with Gasteiger partial charge in [-0.3, -0.25) is 0 Å². The maximum Gasteiger partial charge on any atom is 0.225 e. The molecule has 0 radical (unpaired) electrons. The molecule has 0 spiro atoms. The summed E-state index contributed by atoms with van der Waals surface area (Å²) in [5.41, 5.74) is 1.95. The zero-order valence-electron chi connectivity index (χ0n) is 12.0. The Morgan fingerprint density at radius 1 is 0.905 bits per heavy atom. The van der Waals surface area contributed by atoms with E-state index in [0.29, 0.717) is 5.95 Å². The lowest BCUT2D eigenvalue weighted by atomic mass is 10.2. The van der Waals surface area contributed by atoms with Crippen LogP contribution in [0.3, 0.4) is 0 Å². The Labute approximate surface area is 124 Å². The van der Waals surface area contributed by atoms with Gasteiger partial charge in [0.05, 0.1) is 5.52 Å². The Kier molecular flexibility index (Phi) is 3.96. The van der Waals surface area contributed by atoms with E-state index in [1.165, 1.54) is 0 Å². The first-order valence-corrected chi connectivity index (χ1v) is 7.19. The summed E-state index contributed by atoms with van der Waals surface area (Å²) in [7, 11) is 0. The molecule has 0 aliphatic rings. The highest BCUT2D eigenvalue weighted by Crippen LogP contribution is 2.24. The van der Waals surface area contributed by atoms with Gasteiger partial charge in [0.15, 0.2) is 0 Å². The van der Waals surface area contributed by atoms with Crippen LogP contribution in [-0.4, -0.2) is 16.5 Å². The Morgan fingerprint density at radius 2 is 1.67 bits per heavy atom. The summed E-state index contributed by atoms with van der Waals surface area (Å²) < 4.78 is 0. The average molecular weight is 278 g/mol. The van der Waals surface area contributed by atoms with Gasteiger partial charge in [-0.25, -0.2) is 4.98 Å². The summed E-state index contributed by atoms with van der Waals surface area (Å²) >= 11 is 0. The van der Waals surface area contributed by atoms with Crippen LogP contribution in [0.25, 0.3) is 10.9 Å². The van der Waals surface area contributed by atoms with Gasteiger partial charge in [-0.15, -0.1) is 0 Å². The zero-order chi connectivity index (χ0) is 14.5. The van der Waals surface area contributed by atoms with Gasteiger partial charge in [-0.2, -0.15) is 4.98 Å². The molecule has 2 aromatic carbocycles. The van der Waals surface area contributed by atoms with E-state index in [1.54, 1.807) is 0 Å². The highest BCUT2D eigenvalue weighted by molar-refractivity contribution is 5.91. The number of nitrogens with zero attached hydrogens (tertiary/aromatic N) is 2. The summed E-state index contributed by atoms with van der Waals surface area (Å²) in [6.07, 6.45) is 1.04. The van der Waals surface area contributed by atoms with E-state index in [0.717, 1.165) is 35.4 Å². The van der Waals surface area contributed by atoms with E-state index in [-0.39, 0.29) is 0 Å². The van der Waals surface area contributed by atoms with E-state index in [1.807, 2.05) is 54.6 Å². The molecule has 0 atom stereocenters.